The Labute approximate surface area is 121 Å². The van der Waals surface area contributed by atoms with Crippen LogP contribution in [0.1, 0.15) is 26.4 Å². The van der Waals surface area contributed by atoms with Crippen molar-refractivity contribution in [3.8, 4) is 0 Å². The Kier molecular flexibility index (Phi) is 3.89. The van der Waals surface area contributed by atoms with Crippen molar-refractivity contribution in [3.05, 3.63) is 51.5 Å². The minimum Gasteiger partial charge on any atom is -0.478 e. The number of amides is 1. The second-order valence-electron chi connectivity index (χ2n) is 4.09. The van der Waals surface area contributed by atoms with Crippen molar-refractivity contribution < 1.29 is 19.1 Å². The Bertz CT molecular complexity index is 697. The predicted octanol–water partition coefficient (Wildman–Crippen LogP) is 3.18. The van der Waals surface area contributed by atoms with Gasteiger partial charge in [0, 0.05) is 16.4 Å². The molecule has 0 fully saturated rings. The van der Waals surface area contributed by atoms with Gasteiger partial charge < -0.3 is 15.4 Å². The van der Waals surface area contributed by atoms with E-state index in [4.69, 9.17) is 5.11 Å². The molecule has 0 unspecified atom stereocenters. The summed E-state index contributed by atoms with van der Waals surface area (Å²) < 4.78 is 13.6. The summed E-state index contributed by atoms with van der Waals surface area (Å²) in [6, 6.07) is 3.69. The maximum Gasteiger partial charge on any atom is 0.339 e. The summed E-state index contributed by atoms with van der Waals surface area (Å²) in [6.07, 6.45) is 1.38. The van der Waals surface area contributed by atoms with Crippen molar-refractivity contribution in [3.63, 3.8) is 0 Å². The molecule has 7 heteroatoms. The quantitative estimate of drug-likeness (QED) is 0.802. The van der Waals surface area contributed by atoms with Gasteiger partial charge in [0.05, 0.1) is 11.3 Å². The van der Waals surface area contributed by atoms with Crippen LogP contribution in [-0.2, 0) is 0 Å². The van der Waals surface area contributed by atoms with Gasteiger partial charge in [-0.15, -0.1) is 0 Å². The normalized spacial score (nSPS) is 10.3. The maximum atomic E-state index is 13.2. The molecule has 0 spiro atoms. The molecule has 3 N–H and O–H groups in total. The summed E-state index contributed by atoms with van der Waals surface area (Å²) in [5, 5.41) is 11.5. The number of halogens is 2. The summed E-state index contributed by atoms with van der Waals surface area (Å²) >= 11 is 3.15. The molecule has 20 heavy (non-hydrogen) atoms. The van der Waals surface area contributed by atoms with Crippen LogP contribution in [0.5, 0.6) is 0 Å². The molecular weight excluding hydrogens is 331 g/mol. The zero-order valence-corrected chi connectivity index (χ0v) is 11.9. The van der Waals surface area contributed by atoms with Gasteiger partial charge in [0.1, 0.15) is 11.4 Å². The molecule has 1 amide bonds. The van der Waals surface area contributed by atoms with E-state index in [0.717, 1.165) is 6.07 Å². The minimum absolute atomic E-state index is 0.0223. The number of carbonyl (C=O) groups excluding carboxylic acids is 1. The predicted molar refractivity (Wildman–Crippen MR) is 74.5 cm³/mol. The number of H-pyrrole nitrogens is 1. The lowest BCUT2D eigenvalue weighted by Crippen LogP contribution is -2.14. The van der Waals surface area contributed by atoms with E-state index < -0.39 is 17.7 Å². The number of rotatable bonds is 3. The lowest BCUT2D eigenvalue weighted by Gasteiger charge is -2.07. The lowest BCUT2D eigenvalue weighted by molar-refractivity contribution is 0.0697. The van der Waals surface area contributed by atoms with Gasteiger partial charge in [-0.1, -0.05) is 0 Å². The second kappa shape index (κ2) is 5.46. The first-order chi connectivity index (χ1) is 9.40. The molecule has 1 aromatic heterocycles. The van der Waals surface area contributed by atoms with Crippen molar-refractivity contribution in [1.82, 2.24) is 4.98 Å². The highest BCUT2D eigenvalue weighted by Crippen LogP contribution is 2.23. The van der Waals surface area contributed by atoms with Crippen molar-refractivity contribution >= 4 is 33.5 Å². The SMILES string of the molecule is Cc1[nH]cc(NC(=O)c2cc(F)ccc2Br)c1C(=O)O. The number of anilines is 1. The standard InChI is InChI=1S/C13H10BrFN2O3/c1-6-11(13(19)20)10(5-16-6)17-12(18)8-4-7(15)2-3-9(8)14/h2-5,16H,1H3,(H,17,18)(H,19,20). The Morgan fingerprint density at radius 1 is 1.40 bits per heavy atom. The van der Waals surface area contributed by atoms with Crippen LogP contribution in [0.25, 0.3) is 0 Å². The van der Waals surface area contributed by atoms with Crippen LogP contribution < -0.4 is 5.32 Å². The number of aromatic nitrogens is 1. The van der Waals surface area contributed by atoms with Crippen LogP contribution in [-0.4, -0.2) is 22.0 Å². The molecule has 5 nitrogen and oxygen atoms in total. The number of carboxylic acids is 1. The van der Waals surface area contributed by atoms with E-state index in [0.29, 0.717) is 10.2 Å². The molecule has 104 valence electrons. The van der Waals surface area contributed by atoms with E-state index in [9.17, 15) is 14.0 Å². The van der Waals surface area contributed by atoms with E-state index in [1.165, 1.54) is 18.3 Å². The third-order valence-electron chi connectivity index (χ3n) is 2.71. The average molecular weight is 341 g/mol. The summed E-state index contributed by atoms with van der Waals surface area (Å²) in [5.41, 5.74) is 0.619. The van der Waals surface area contributed by atoms with Crippen molar-refractivity contribution in [2.75, 3.05) is 5.32 Å². The molecule has 0 aliphatic carbocycles. The van der Waals surface area contributed by atoms with Crippen LogP contribution in [0, 0.1) is 12.7 Å². The topological polar surface area (TPSA) is 82.2 Å². The van der Waals surface area contributed by atoms with Crippen molar-refractivity contribution in [1.29, 1.82) is 0 Å². The fourth-order valence-corrected chi connectivity index (χ4v) is 2.19. The fourth-order valence-electron chi connectivity index (χ4n) is 1.76. The van der Waals surface area contributed by atoms with Crippen molar-refractivity contribution in [2.24, 2.45) is 0 Å². The molecule has 0 radical (unpaired) electrons. The molecule has 0 saturated heterocycles. The van der Waals surface area contributed by atoms with Crippen LogP contribution in [0.4, 0.5) is 10.1 Å². The number of benzene rings is 1. The van der Waals surface area contributed by atoms with Gasteiger partial charge in [-0.2, -0.15) is 0 Å². The van der Waals surface area contributed by atoms with E-state index >= 15 is 0 Å². The summed E-state index contributed by atoms with van der Waals surface area (Å²) in [4.78, 5) is 25.9. The Hall–Kier alpha value is -2.15. The van der Waals surface area contributed by atoms with Gasteiger partial charge in [-0.25, -0.2) is 9.18 Å². The highest BCUT2D eigenvalue weighted by atomic mass is 79.9. The third kappa shape index (κ3) is 2.72. The van der Waals surface area contributed by atoms with Crippen LogP contribution in [0.3, 0.4) is 0 Å². The number of carboxylic acid groups (broad SMARTS) is 1. The number of nitrogens with one attached hydrogen (secondary N) is 2. The zero-order valence-electron chi connectivity index (χ0n) is 10.3. The molecule has 1 aromatic carbocycles. The zero-order chi connectivity index (χ0) is 14.9. The molecule has 1 heterocycles. The first-order valence-electron chi connectivity index (χ1n) is 5.58. The van der Waals surface area contributed by atoms with Gasteiger partial charge in [0.2, 0.25) is 0 Å². The van der Waals surface area contributed by atoms with Gasteiger partial charge in [0.25, 0.3) is 5.91 Å². The molecule has 2 rings (SSSR count). The maximum absolute atomic E-state index is 13.2. The highest BCUT2D eigenvalue weighted by Gasteiger charge is 2.19. The van der Waals surface area contributed by atoms with E-state index in [1.54, 1.807) is 6.92 Å². The molecule has 0 aliphatic heterocycles. The Morgan fingerprint density at radius 3 is 2.75 bits per heavy atom. The summed E-state index contributed by atoms with van der Waals surface area (Å²) in [7, 11) is 0. The Balaban J connectivity index is 2.33. The first-order valence-corrected chi connectivity index (χ1v) is 6.37. The third-order valence-corrected chi connectivity index (χ3v) is 3.40. The number of aromatic amines is 1. The van der Waals surface area contributed by atoms with Gasteiger partial charge in [-0.05, 0) is 41.1 Å². The molecule has 0 aliphatic rings. The molecule has 0 atom stereocenters. The number of hydrogen-bond acceptors (Lipinski definition) is 2. The number of aryl methyl sites for hydroxylation is 1. The largest absolute Gasteiger partial charge is 0.478 e. The first kappa shape index (κ1) is 14.3. The number of hydrogen-bond donors (Lipinski definition) is 3. The van der Waals surface area contributed by atoms with Gasteiger partial charge >= 0.3 is 5.97 Å². The molecular formula is C13H10BrFN2O3. The summed E-state index contributed by atoms with van der Waals surface area (Å²) in [5.74, 6) is -2.31. The number of aromatic carboxylic acids is 1. The molecule has 0 bridgehead atoms. The van der Waals surface area contributed by atoms with Crippen LogP contribution in [0.15, 0.2) is 28.9 Å². The number of carbonyl (C=O) groups is 2. The van der Waals surface area contributed by atoms with E-state index in [2.05, 4.69) is 26.2 Å². The van der Waals surface area contributed by atoms with Gasteiger partial charge in [-0.3, -0.25) is 4.79 Å². The lowest BCUT2D eigenvalue weighted by atomic mass is 10.2. The van der Waals surface area contributed by atoms with Gasteiger partial charge in [0.15, 0.2) is 0 Å². The van der Waals surface area contributed by atoms with E-state index in [1.807, 2.05) is 0 Å². The highest BCUT2D eigenvalue weighted by molar-refractivity contribution is 9.10. The molecule has 0 saturated carbocycles. The van der Waals surface area contributed by atoms with Crippen molar-refractivity contribution in [2.45, 2.75) is 6.92 Å². The second-order valence-corrected chi connectivity index (χ2v) is 4.94. The monoisotopic (exact) mass is 340 g/mol. The fraction of sp³-hybridized carbons (Fsp3) is 0.0769. The minimum atomic E-state index is -1.16. The van der Waals surface area contributed by atoms with E-state index in [-0.39, 0.29) is 16.8 Å². The molecule has 2 aromatic rings. The van der Waals surface area contributed by atoms with Crippen LogP contribution in [0.2, 0.25) is 0 Å². The average Bonchev–Trinajstić information content (AvgIpc) is 2.73. The smallest absolute Gasteiger partial charge is 0.339 e. The van der Waals surface area contributed by atoms with Crippen LogP contribution >= 0.6 is 15.9 Å². The summed E-state index contributed by atoms with van der Waals surface area (Å²) in [6.45, 7) is 1.58. The Morgan fingerprint density at radius 2 is 2.10 bits per heavy atom.